The molecule has 0 aliphatic carbocycles. The maximum atomic E-state index is 8.60. The number of aliphatic hydroxyl groups excluding tert-OH is 1. The summed E-state index contributed by atoms with van der Waals surface area (Å²) in [5.41, 5.74) is 0. The Morgan fingerprint density at radius 2 is 2.12 bits per heavy atom. The number of aliphatic hydroxyl groups is 1. The lowest BCUT2D eigenvalue weighted by Crippen LogP contribution is -2.15. The lowest BCUT2D eigenvalue weighted by molar-refractivity contribution is 0.407. The second kappa shape index (κ2) is 3.36. The monoisotopic (exact) mass is 115 g/mol. The van der Waals surface area contributed by atoms with Gasteiger partial charge in [-0.2, -0.15) is 0 Å². The Balaban J connectivity index is 3.29. The molecule has 0 saturated heterocycles. The molecular weight excluding hydrogens is 102 g/mol. The van der Waals surface area contributed by atoms with Crippen molar-refractivity contribution in [3.63, 3.8) is 0 Å². The molecule has 0 atom stereocenters. The van der Waals surface area contributed by atoms with Crippen molar-refractivity contribution < 1.29 is 5.11 Å². The third kappa shape index (κ3) is 5.34. The van der Waals surface area contributed by atoms with Crippen molar-refractivity contribution in [3.8, 4) is 0 Å². The summed E-state index contributed by atoms with van der Waals surface area (Å²) in [5.74, 6) is 0.318. The highest BCUT2D eigenvalue weighted by atomic mass is 16.3. The molecule has 0 amide bonds. The van der Waals surface area contributed by atoms with Crippen LogP contribution in [0.25, 0.3) is 0 Å². The fourth-order valence-electron chi connectivity index (χ4n) is 0.287. The Morgan fingerprint density at radius 3 is 2.25 bits per heavy atom. The van der Waals surface area contributed by atoms with Crippen LogP contribution in [0.2, 0.25) is 0 Å². The van der Waals surface area contributed by atoms with Gasteiger partial charge in [0.15, 0.2) is 0 Å². The lowest BCUT2D eigenvalue weighted by Gasteiger charge is -2.02. The van der Waals surface area contributed by atoms with E-state index in [-0.39, 0.29) is 0 Å². The smallest absolute Gasteiger partial charge is 0.105 e. The van der Waals surface area contributed by atoms with Crippen LogP contribution >= 0.6 is 0 Å². The minimum atomic E-state index is 0.318. The van der Waals surface area contributed by atoms with Crippen molar-refractivity contribution >= 4 is 0 Å². The van der Waals surface area contributed by atoms with E-state index in [4.69, 9.17) is 5.11 Å². The van der Waals surface area contributed by atoms with Gasteiger partial charge in [0.05, 0.1) is 0 Å². The minimum absolute atomic E-state index is 0.318. The molecule has 0 radical (unpaired) electrons. The van der Waals surface area contributed by atoms with Crippen LogP contribution in [0, 0.1) is 0 Å². The van der Waals surface area contributed by atoms with Gasteiger partial charge in [-0.15, -0.1) is 0 Å². The van der Waals surface area contributed by atoms with E-state index in [1.54, 1.807) is 13.1 Å². The highest BCUT2D eigenvalue weighted by Gasteiger charge is 1.84. The lowest BCUT2D eigenvalue weighted by atomic mass is 10.4. The average Bonchev–Trinajstić information content (AvgIpc) is 1.61. The Bertz CT molecular complexity index is 82.5. The maximum Gasteiger partial charge on any atom is 0.105 e. The topological polar surface area (TPSA) is 32.3 Å². The molecule has 2 heteroatoms. The first-order valence-corrected chi connectivity index (χ1v) is 2.74. The first kappa shape index (κ1) is 7.34. The maximum absolute atomic E-state index is 8.60. The van der Waals surface area contributed by atoms with Crippen LogP contribution in [0.5, 0.6) is 0 Å². The van der Waals surface area contributed by atoms with Gasteiger partial charge < -0.3 is 10.4 Å². The second-order valence-corrected chi connectivity index (χ2v) is 2.11. The minimum Gasteiger partial charge on any atom is -0.511 e. The van der Waals surface area contributed by atoms with Gasteiger partial charge in [-0.1, -0.05) is 0 Å². The Morgan fingerprint density at radius 1 is 1.62 bits per heavy atom. The van der Waals surface area contributed by atoms with Crippen molar-refractivity contribution in [3.05, 3.63) is 12.0 Å². The van der Waals surface area contributed by atoms with Gasteiger partial charge in [0.1, 0.15) is 5.76 Å². The molecule has 2 nitrogen and oxygen atoms in total. The van der Waals surface area contributed by atoms with Gasteiger partial charge in [0.25, 0.3) is 0 Å². The van der Waals surface area contributed by atoms with E-state index >= 15 is 0 Å². The average molecular weight is 115 g/mol. The Kier molecular flexibility index (Phi) is 3.08. The van der Waals surface area contributed by atoms with Crippen LogP contribution in [0.1, 0.15) is 20.8 Å². The quantitative estimate of drug-likeness (QED) is 0.533. The molecule has 0 heterocycles. The van der Waals surface area contributed by atoms with Gasteiger partial charge in [-0.05, 0) is 20.8 Å². The summed E-state index contributed by atoms with van der Waals surface area (Å²) in [5, 5.41) is 11.5. The molecule has 0 unspecified atom stereocenters. The SMILES string of the molecule is CC(O)=CNC(C)C. The van der Waals surface area contributed by atoms with Crippen LogP contribution < -0.4 is 5.32 Å². The zero-order chi connectivity index (χ0) is 6.57. The third-order valence-corrected chi connectivity index (χ3v) is 0.626. The van der Waals surface area contributed by atoms with E-state index in [1.165, 1.54) is 0 Å². The van der Waals surface area contributed by atoms with Gasteiger partial charge in [-0.25, -0.2) is 0 Å². The van der Waals surface area contributed by atoms with Crippen molar-refractivity contribution in [2.75, 3.05) is 0 Å². The van der Waals surface area contributed by atoms with E-state index in [0.717, 1.165) is 0 Å². The van der Waals surface area contributed by atoms with Gasteiger partial charge in [-0.3, -0.25) is 0 Å². The van der Waals surface area contributed by atoms with Crippen LogP contribution in [0.15, 0.2) is 12.0 Å². The molecule has 0 aliphatic rings. The van der Waals surface area contributed by atoms with E-state index in [0.29, 0.717) is 11.8 Å². The van der Waals surface area contributed by atoms with Gasteiger partial charge >= 0.3 is 0 Å². The van der Waals surface area contributed by atoms with E-state index < -0.39 is 0 Å². The number of allylic oxidation sites excluding steroid dienone is 1. The largest absolute Gasteiger partial charge is 0.511 e. The van der Waals surface area contributed by atoms with Crippen molar-refractivity contribution in [1.29, 1.82) is 0 Å². The van der Waals surface area contributed by atoms with Crippen LogP contribution in [-0.4, -0.2) is 11.1 Å². The molecule has 0 bridgehead atoms. The van der Waals surface area contributed by atoms with Crippen LogP contribution in [0.4, 0.5) is 0 Å². The fraction of sp³-hybridized carbons (Fsp3) is 0.667. The Hall–Kier alpha value is -0.660. The molecule has 0 rings (SSSR count). The predicted molar refractivity (Wildman–Crippen MR) is 34.7 cm³/mol. The van der Waals surface area contributed by atoms with E-state index in [9.17, 15) is 0 Å². The summed E-state index contributed by atoms with van der Waals surface area (Å²) in [7, 11) is 0. The molecule has 0 aromatic heterocycles. The first-order valence-electron chi connectivity index (χ1n) is 2.74. The van der Waals surface area contributed by atoms with Crippen LogP contribution in [-0.2, 0) is 0 Å². The number of hydrogen-bond donors (Lipinski definition) is 2. The zero-order valence-corrected chi connectivity index (χ0v) is 5.60. The standard InChI is InChI=1S/C6H13NO/c1-5(2)7-4-6(3)8/h4-5,7-8H,1-3H3. The Labute approximate surface area is 50.2 Å². The van der Waals surface area contributed by atoms with Crippen molar-refractivity contribution in [2.24, 2.45) is 0 Å². The summed E-state index contributed by atoms with van der Waals surface area (Å²) in [6.45, 7) is 5.66. The molecule has 0 aromatic rings. The van der Waals surface area contributed by atoms with Crippen LogP contribution in [0.3, 0.4) is 0 Å². The highest BCUT2D eigenvalue weighted by molar-refractivity contribution is 4.84. The second-order valence-electron chi connectivity index (χ2n) is 2.11. The zero-order valence-electron chi connectivity index (χ0n) is 5.60. The van der Waals surface area contributed by atoms with Gasteiger partial charge in [0, 0.05) is 12.2 Å². The first-order chi connectivity index (χ1) is 3.63. The van der Waals surface area contributed by atoms with Gasteiger partial charge in [0.2, 0.25) is 0 Å². The molecule has 0 saturated carbocycles. The van der Waals surface area contributed by atoms with Crippen molar-refractivity contribution in [2.45, 2.75) is 26.8 Å². The molecule has 0 aliphatic heterocycles. The molecule has 0 spiro atoms. The third-order valence-electron chi connectivity index (χ3n) is 0.626. The number of rotatable bonds is 2. The highest BCUT2D eigenvalue weighted by Crippen LogP contribution is 1.81. The van der Waals surface area contributed by atoms with E-state index in [1.807, 2.05) is 13.8 Å². The summed E-state index contributed by atoms with van der Waals surface area (Å²) < 4.78 is 0. The number of hydrogen-bond acceptors (Lipinski definition) is 2. The summed E-state index contributed by atoms with van der Waals surface area (Å²) in [6.07, 6.45) is 1.59. The molecule has 2 N–H and O–H groups in total. The molecule has 8 heavy (non-hydrogen) atoms. The summed E-state index contributed by atoms with van der Waals surface area (Å²) in [4.78, 5) is 0. The molecule has 48 valence electrons. The molecular formula is C6H13NO. The van der Waals surface area contributed by atoms with E-state index in [2.05, 4.69) is 5.32 Å². The summed E-state index contributed by atoms with van der Waals surface area (Å²) in [6, 6.07) is 0.400. The number of nitrogens with one attached hydrogen (secondary N) is 1. The normalized spacial score (nSPS) is 12.2. The van der Waals surface area contributed by atoms with Crippen molar-refractivity contribution in [1.82, 2.24) is 5.32 Å². The predicted octanol–water partition coefficient (Wildman–Crippen LogP) is 1.40. The fourth-order valence-corrected chi connectivity index (χ4v) is 0.287. The molecule has 0 fully saturated rings. The summed E-state index contributed by atoms with van der Waals surface area (Å²) >= 11 is 0. The molecule has 0 aromatic carbocycles.